The third-order valence-electron chi connectivity index (χ3n) is 5.01. The van der Waals surface area contributed by atoms with Gasteiger partial charge in [-0.05, 0) is 60.4 Å². The predicted octanol–water partition coefficient (Wildman–Crippen LogP) is 6.34. The summed E-state index contributed by atoms with van der Waals surface area (Å²) in [6.07, 6.45) is 2.37. The monoisotopic (exact) mass is 460 g/mol. The zero-order valence-corrected chi connectivity index (χ0v) is 19.6. The van der Waals surface area contributed by atoms with E-state index >= 15 is 0 Å². The Kier molecular flexibility index (Phi) is 8.12. The van der Waals surface area contributed by atoms with Crippen LogP contribution in [-0.2, 0) is 17.8 Å². The predicted molar refractivity (Wildman–Crippen MR) is 132 cm³/mol. The van der Waals surface area contributed by atoms with Gasteiger partial charge in [0.15, 0.2) is 11.5 Å². The fourth-order valence-corrected chi connectivity index (χ4v) is 3.53. The van der Waals surface area contributed by atoms with Crippen molar-refractivity contribution in [2.75, 3.05) is 12.4 Å². The van der Waals surface area contributed by atoms with Gasteiger partial charge in [-0.3, -0.25) is 4.79 Å². The third kappa shape index (κ3) is 6.38. The molecule has 3 rings (SSSR count). The first-order chi connectivity index (χ1) is 15.9. The van der Waals surface area contributed by atoms with Crippen molar-refractivity contribution in [1.82, 2.24) is 0 Å². The number of ether oxygens (including phenoxy) is 2. The van der Waals surface area contributed by atoms with E-state index in [0.717, 1.165) is 23.1 Å². The van der Waals surface area contributed by atoms with E-state index in [4.69, 9.17) is 21.1 Å². The van der Waals surface area contributed by atoms with Crippen molar-refractivity contribution >= 4 is 29.3 Å². The Bertz CT molecular complexity index is 1210. The second-order valence-corrected chi connectivity index (χ2v) is 7.89. The number of carbonyl (C=O) groups is 1. The van der Waals surface area contributed by atoms with E-state index in [-0.39, 0.29) is 5.57 Å². The molecule has 0 atom stereocenters. The van der Waals surface area contributed by atoms with Gasteiger partial charge in [-0.1, -0.05) is 60.5 Å². The van der Waals surface area contributed by atoms with Crippen molar-refractivity contribution in [3.63, 3.8) is 0 Å². The fourth-order valence-electron chi connectivity index (χ4n) is 3.26. The molecule has 6 heteroatoms. The van der Waals surface area contributed by atoms with Crippen molar-refractivity contribution in [2.45, 2.75) is 26.9 Å². The Morgan fingerprint density at radius 1 is 1.12 bits per heavy atom. The van der Waals surface area contributed by atoms with Gasteiger partial charge in [-0.2, -0.15) is 5.26 Å². The molecule has 0 spiro atoms. The molecule has 0 fully saturated rings. The molecular formula is C27H25ClN2O3. The van der Waals surface area contributed by atoms with Gasteiger partial charge in [0.2, 0.25) is 0 Å². The van der Waals surface area contributed by atoms with Gasteiger partial charge in [0.05, 0.1) is 12.1 Å². The third-order valence-corrected chi connectivity index (χ3v) is 5.29. The number of nitrogens with one attached hydrogen (secondary N) is 1. The molecule has 5 nitrogen and oxygen atoms in total. The molecule has 0 radical (unpaired) electrons. The van der Waals surface area contributed by atoms with Gasteiger partial charge in [0, 0.05) is 5.69 Å². The number of amides is 1. The summed E-state index contributed by atoms with van der Waals surface area (Å²) in [6, 6.07) is 20.7. The SMILES string of the molecule is CCc1ccc(NC(=O)/C(C#N)=C/c2cc(Cl)c(OCc3cccc(C)c3)c(OC)c2)cc1. The Labute approximate surface area is 199 Å². The maximum Gasteiger partial charge on any atom is 0.266 e. The zero-order chi connectivity index (χ0) is 23.8. The summed E-state index contributed by atoms with van der Waals surface area (Å²) in [5, 5.41) is 12.6. The molecule has 0 bridgehead atoms. The minimum absolute atomic E-state index is 0.0545. The van der Waals surface area contributed by atoms with Crippen LogP contribution in [-0.4, -0.2) is 13.0 Å². The van der Waals surface area contributed by atoms with E-state index in [1.54, 1.807) is 12.1 Å². The van der Waals surface area contributed by atoms with Gasteiger partial charge in [0.25, 0.3) is 5.91 Å². The summed E-state index contributed by atoms with van der Waals surface area (Å²) in [4.78, 5) is 12.6. The van der Waals surface area contributed by atoms with Crippen LogP contribution in [0.25, 0.3) is 6.08 Å². The van der Waals surface area contributed by atoms with Crippen LogP contribution in [0, 0.1) is 18.3 Å². The molecule has 0 saturated heterocycles. The van der Waals surface area contributed by atoms with Crippen LogP contribution in [0.3, 0.4) is 0 Å². The number of hydrogen-bond donors (Lipinski definition) is 1. The Morgan fingerprint density at radius 2 is 1.88 bits per heavy atom. The fraction of sp³-hybridized carbons (Fsp3) is 0.185. The lowest BCUT2D eigenvalue weighted by atomic mass is 10.1. The highest BCUT2D eigenvalue weighted by molar-refractivity contribution is 6.32. The maximum absolute atomic E-state index is 12.6. The summed E-state index contributed by atoms with van der Waals surface area (Å²) in [7, 11) is 1.51. The van der Waals surface area contributed by atoms with Gasteiger partial charge in [-0.25, -0.2) is 0 Å². The van der Waals surface area contributed by atoms with Gasteiger partial charge in [0.1, 0.15) is 18.2 Å². The number of halogens is 1. The van der Waals surface area contributed by atoms with Gasteiger partial charge < -0.3 is 14.8 Å². The van der Waals surface area contributed by atoms with Crippen LogP contribution in [0.15, 0.2) is 66.2 Å². The molecule has 1 N–H and O–H groups in total. The molecule has 33 heavy (non-hydrogen) atoms. The molecule has 0 aliphatic rings. The lowest BCUT2D eigenvalue weighted by molar-refractivity contribution is -0.112. The average molecular weight is 461 g/mol. The van der Waals surface area contributed by atoms with E-state index in [1.165, 1.54) is 13.2 Å². The van der Waals surface area contributed by atoms with Crippen LogP contribution in [0.1, 0.15) is 29.2 Å². The number of nitrogens with zero attached hydrogens (tertiary/aromatic N) is 1. The molecule has 0 aromatic heterocycles. The first-order valence-electron chi connectivity index (χ1n) is 10.5. The van der Waals surface area contributed by atoms with Crippen LogP contribution in [0.2, 0.25) is 5.02 Å². The largest absolute Gasteiger partial charge is 0.493 e. The summed E-state index contributed by atoms with van der Waals surface area (Å²) in [5.74, 6) is 0.308. The van der Waals surface area contributed by atoms with Crippen molar-refractivity contribution in [3.8, 4) is 17.6 Å². The topological polar surface area (TPSA) is 71.4 Å². The summed E-state index contributed by atoms with van der Waals surface area (Å²) < 4.78 is 11.4. The molecule has 0 aliphatic heterocycles. The highest BCUT2D eigenvalue weighted by atomic mass is 35.5. The Balaban J connectivity index is 1.79. The van der Waals surface area contributed by atoms with Crippen LogP contribution in [0.4, 0.5) is 5.69 Å². The molecule has 168 valence electrons. The first-order valence-corrected chi connectivity index (χ1v) is 10.9. The number of aryl methyl sites for hydroxylation is 2. The second kappa shape index (κ2) is 11.2. The standard InChI is InChI=1S/C27H25ClN2O3/c1-4-19-8-10-23(11-9-19)30-27(31)22(16-29)13-21-14-24(28)26(25(15-21)32-3)33-17-20-7-5-6-18(2)12-20/h5-15H,4,17H2,1-3H3,(H,30,31)/b22-13+. The van der Waals surface area contributed by atoms with Crippen molar-refractivity contribution in [2.24, 2.45) is 0 Å². The smallest absolute Gasteiger partial charge is 0.266 e. The molecular weight excluding hydrogens is 436 g/mol. The number of anilines is 1. The minimum atomic E-state index is -0.503. The number of nitriles is 1. The highest BCUT2D eigenvalue weighted by Crippen LogP contribution is 2.37. The highest BCUT2D eigenvalue weighted by Gasteiger charge is 2.15. The molecule has 3 aromatic carbocycles. The van der Waals surface area contributed by atoms with E-state index in [2.05, 4.69) is 12.2 Å². The molecule has 0 aliphatic carbocycles. The van der Waals surface area contributed by atoms with Gasteiger partial charge in [-0.15, -0.1) is 0 Å². The van der Waals surface area contributed by atoms with E-state index < -0.39 is 5.91 Å². The lowest BCUT2D eigenvalue weighted by Gasteiger charge is -2.14. The molecule has 0 saturated carbocycles. The van der Waals surface area contributed by atoms with Crippen LogP contribution >= 0.6 is 11.6 Å². The number of benzene rings is 3. The van der Waals surface area contributed by atoms with Crippen molar-refractivity contribution in [3.05, 3.63) is 93.5 Å². The second-order valence-electron chi connectivity index (χ2n) is 7.49. The quantitative estimate of drug-likeness (QED) is 0.314. The Hall–Kier alpha value is -3.75. The summed E-state index contributed by atoms with van der Waals surface area (Å²) in [6.45, 7) is 4.40. The lowest BCUT2D eigenvalue weighted by Crippen LogP contribution is -2.13. The average Bonchev–Trinajstić information content (AvgIpc) is 2.82. The number of hydrogen-bond acceptors (Lipinski definition) is 4. The van der Waals surface area contributed by atoms with E-state index in [9.17, 15) is 10.1 Å². The van der Waals surface area contributed by atoms with E-state index in [0.29, 0.717) is 34.4 Å². The summed E-state index contributed by atoms with van der Waals surface area (Å²) in [5.41, 5.74) is 4.42. The Morgan fingerprint density at radius 3 is 2.52 bits per heavy atom. The van der Waals surface area contributed by atoms with Gasteiger partial charge >= 0.3 is 0 Å². The first kappa shape index (κ1) is 23.9. The number of methoxy groups -OCH3 is 1. The summed E-state index contributed by atoms with van der Waals surface area (Å²) >= 11 is 6.46. The molecule has 0 heterocycles. The van der Waals surface area contributed by atoms with Crippen LogP contribution in [0.5, 0.6) is 11.5 Å². The molecule has 0 unspecified atom stereocenters. The van der Waals surface area contributed by atoms with Crippen molar-refractivity contribution < 1.29 is 14.3 Å². The maximum atomic E-state index is 12.6. The van der Waals surface area contributed by atoms with E-state index in [1.807, 2.05) is 61.5 Å². The normalized spacial score (nSPS) is 10.9. The zero-order valence-electron chi connectivity index (χ0n) is 18.8. The molecule has 1 amide bonds. The number of carbonyl (C=O) groups excluding carboxylic acids is 1. The minimum Gasteiger partial charge on any atom is -0.493 e. The van der Waals surface area contributed by atoms with Crippen LogP contribution < -0.4 is 14.8 Å². The number of rotatable bonds is 8. The molecule has 3 aromatic rings. The van der Waals surface area contributed by atoms with Crippen molar-refractivity contribution in [1.29, 1.82) is 5.26 Å².